The molecule has 32 heavy (non-hydrogen) atoms. The third-order valence-corrected chi connectivity index (χ3v) is 8.56. The first-order valence-corrected chi connectivity index (χ1v) is 13.1. The molecule has 0 saturated carbocycles. The molecule has 0 bridgehead atoms. The lowest BCUT2D eigenvalue weighted by Crippen LogP contribution is -2.29. The Hall–Kier alpha value is -1.93. The van der Waals surface area contributed by atoms with Crippen molar-refractivity contribution in [2.45, 2.75) is 50.1 Å². The number of benzene rings is 2. The summed E-state index contributed by atoms with van der Waals surface area (Å²) in [5, 5.41) is 3.05. The van der Waals surface area contributed by atoms with Crippen LogP contribution in [0.3, 0.4) is 0 Å². The highest BCUT2D eigenvalue weighted by Crippen LogP contribution is 2.28. The van der Waals surface area contributed by atoms with Crippen LogP contribution in [0, 0.1) is 0 Å². The number of sulfonamides is 1. The number of hydrogen-bond acceptors (Lipinski definition) is 4. The third-order valence-electron chi connectivity index (χ3n) is 6.18. The molecule has 1 N–H and O–H groups in total. The summed E-state index contributed by atoms with van der Waals surface area (Å²) in [5.41, 5.74) is 2.55. The second kappa shape index (κ2) is 10.3. The molecule has 0 radical (unpaired) electrons. The molecule has 2 aliphatic heterocycles. The maximum atomic E-state index is 12.9. The standard InChI is InChI=1S/C24H30ClN3O3S/c25-22-10-9-21(16-23(22)32(30,31)28-13-4-5-14-28)24(29)26-17-19-7-6-8-20(15-19)18-27-11-2-1-3-12-27/h6-10,15-16H,1-5,11-14,17-18H2,(H,26,29). The Bertz CT molecular complexity index is 1060. The van der Waals surface area contributed by atoms with Gasteiger partial charge in [0.2, 0.25) is 10.0 Å². The van der Waals surface area contributed by atoms with E-state index < -0.39 is 10.0 Å². The molecule has 6 nitrogen and oxygen atoms in total. The SMILES string of the molecule is O=C(NCc1cccc(CN2CCCCC2)c1)c1ccc(Cl)c(S(=O)(=O)N2CCCC2)c1. The van der Waals surface area contributed by atoms with Gasteiger partial charge >= 0.3 is 0 Å². The van der Waals surface area contributed by atoms with Crippen molar-refractivity contribution in [2.24, 2.45) is 0 Å². The van der Waals surface area contributed by atoms with E-state index in [4.69, 9.17) is 11.6 Å². The first-order valence-electron chi connectivity index (χ1n) is 11.3. The maximum Gasteiger partial charge on any atom is 0.251 e. The number of nitrogens with zero attached hydrogens (tertiary/aromatic N) is 2. The molecule has 0 spiro atoms. The van der Waals surface area contributed by atoms with E-state index in [0.717, 1.165) is 38.0 Å². The summed E-state index contributed by atoms with van der Waals surface area (Å²) in [4.78, 5) is 15.2. The summed E-state index contributed by atoms with van der Waals surface area (Å²) < 4.78 is 27.3. The fourth-order valence-corrected chi connectivity index (χ4v) is 6.43. The van der Waals surface area contributed by atoms with Crippen LogP contribution in [0.2, 0.25) is 5.02 Å². The summed E-state index contributed by atoms with van der Waals surface area (Å²) in [6.45, 7) is 4.56. The van der Waals surface area contributed by atoms with Crippen LogP contribution >= 0.6 is 11.6 Å². The minimum Gasteiger partial charge on any atom is -0.348 e. The zero-order valence-corrected chi connectivity index (χ0v) is 19.8. The van der Waals surface area contributed by atoms with Gasteiger partial charge in [0, 0.05) is 31.7 Å². The lowest BCUT2D eigenvalue weighted by Gasteiger charge is -2.26. The summed E-state index contributed by atoms with van der Waals surface area (Å²) in [5.74, 6) is -0.319. The van der Waals surface area contributed by atoms with Gasteiger partial charge in [0.25, 0.3) is 5.91 Å². The molecule has 2 aromatic rings. The minimum atomic E-state index is -3.70. The highest BCUT2D eigenvalue weighted by molar-refractivity contribution is 7.89. The molecule has 4 rings (SSSR count). The van der Waals surface area contributed by atoms with Crippen LogP contribution in [-0.2, 0) is 23.1 Å². The highest BCUT2D eigenvalue weighted by atomic mass is 35.5. The van der Waals surface area contributed by atoms with Crippen molar-refractivity contribution < 1.29 is 13.2 Å². The van der Waals surface area contributed by atoms with Crippen LogP contribution in [0.1, 0.15) is 53.6 Å². The zero-order valence-electron chi connectivity index (χ0n) is 18.2. The Kier molecular flexibility index (Phi) is 7.51. The number of carbonyl (C=O) groups excluding carboxylic acids is 1. The Labute approximate surface area is 195 Å². The van der Waals surface area contributed by atoms with Crippen molar-refractivity contribution >= 4 is 27.5 Å². The summed E-state index contributed by atoms with van der Waals surface area (Å²) >= 11 is 6.19. The third kappa shape index (κ3) is 5.52. The molecule has 2 saturated heterocycles. The molecule has 2 aliphatic rings. The van der Waals surface area contributed by atoms with Crippen LogP contribution in [0.15, 0.2) is 47.4 Å². The van der Waals surface area contributed by atoms with Gasteiger partial charge in [0.15, 0.2) is 0 Å². The van der Waals surface area contributed by atoms with Crippen LogP contribution < -0.4 is 5.32 Å². The predicted molar refractivity (Wildman–Crippen MR) is 126 cm³/mol. The van der Waals surface area contributed by atoms with E-state index in [1.165, 1.54) is 41.3 Å². The van der Waals surface area contributed by atoms with E-state index in [0.29, 0.717) is 19.6 Å². The number of halogens is 1. The molecule has 2 fully saturated rings. The lowest BCUT2D eigenvalue weighted by atomic mass is 10.1. The van der Waals surface area contributed by atoms with Gasteiger partial charge in [-0.25, -0.2) is 8.42 Å². The lowest BCUT2D eigenvalue weighted by molar-refractivity contribution is 0.0950. The van der Waals surface area contributed by atoms with Gasteiger partial charge in [0.05, 0.1) is 5.02 Å². The quantitative estimate of drug-likeness (QED) is 0.656. The van der Waals surface area contributed by atoms with Crippen molar-refractivity contribution in [3.63, 3.8) is 0 Å². The van der Waals surface area contributed by atoms with Crippen molar-refractivity contribution in [3.05, 3.63) is 64.2 Å². The molecule has 0 aromatic heterocycles. The van der Waals surface area contributed by atoms with Crippen LogP contribution in [0.25, 0.3) is 0 Å². The number of carbonyl (C=O) groups is 1. The fraction of sp³-hybridized carbons (Fsp3) is 0.458. The van der Waals surface area contributed by atoms with E-state index in [2.05, 4.69) is 22.3 Å². The van der Waals surface area contributed by atoms with Gasteiger partial charge in [-0.2, -0.15) is 4.31 Å². The van der Waals surface area contributed by atoms with Crippen molar-refractivity contribution in [1.29, 1.82) is 0 Å². The number of likely N-dealkylation sites (tertiary alicyclic amines) is 1. The molecule has 0 unspecified atom stereocenters. The summed E-state index contributed by atoms with van der Waals surface area (Å²) in [7, 11) is -3.70. The first kappa shape index (κ1) is 23.2. The topological polar surface area (TPSA) is 69.7 Å². The van der Waals surface area contributed by atoms with Gasteiger partial charge in [-0.1, -0.05) is 42.3 Å². The average molecular weight is 476 g/mol. The van der Waals surface area contributed by atoms with Crippen molar-refractivity contribution in [1.82, 2.24) is 14.5 Å². The van der Waals surface area contributed by atoms with E-state index in [-0.39, 0.29) is 21.4 Å². The first-order chi connectivity index (χ1) is 15.4. The van der Waals surface area contributed by atoms with E-state index >= 15 is 0 Å². The van der Waals surface area contributed by atoms with E-state index in [1.54, 1.807) is 6.07 Å². The van der Waals surface area contributed by atoms with Gasteiger partial charge in [-0.3, -0.25) is 9.69 Å². The molecule has 2 aromatic carbocycles. The number of hydrogen-bond donors (Lipinski definition) is 1. The Morgan fingerprint density at radius 2 is 1.59 bits per heavy atom. The van der Waals surface area contributed by atoms with Crippen LogP contribution in [0.5, 0.6) is 0 Å². The second-order valence-electron chi connectivity index (χ2n) is 8.60. The Morgan fingerprint density at radius 3 is 2.34 bits per heavy atom. The number of amides is 1. The summed E-state index contributed by atoms with van der Waals surface area (Å²) in [6, 6.07) is 12.7. The largest absolute Gasteiger partial charge is 0.348 e. The van der Waals surface area contributed by atoms with Gasteiger partial charge in [-0.05, 0) is 68.1 Å². The van der Waals surface area contributed by atoms with Gasteiger partial charge < -0.3 is 5.32 Å². The second-order valence-corrected chi connectivity index (χ2v) is 10.9. The Balaban J connectivity index is 1.42. The van der Waals surface area contributed by atoms with Crippen molar-refractivity contribution in [2.75, 3.05) is 26.2 Å². The monoisotopic (exact) mass is 475 g/mol. The normalized spacial score (nSPS) is 18.0. The van der Waals surface area contributed by atoms with Gasteiger partial charge in [-0.15, -0.1) is 0 Å². The molecule has 2 heterocycles. The number of piperidine rings is 1. The molecular weight excluding hydrogens is 446 g/mol. The maximum absolute atomic E-state index is 12.9. The van der Waals surface area contributed by atoms with Crippen LogP contribution in [-0.4, -0.2) is 49.7 Å². The molecule has 0 aliphatic carbocycles. The fourth-order valence-electron chi connectivity index (χ4n) is 4.41. The smallest absolute Gasteiger partial charge is 0.251 e. The van der Waals surface area contributed by atoms with Gasteiger partial charge in [0.1, 0.15) is 4.90 Å². The molecule has 8 heteroatoms. The molecular formula is C24H30ClN3O3S. The predicted octanol–water partition coefficient (Wildman–Crippen LogP) is 4.04. The van der Waals surface area contributed by atoms with Crippen molar-refractivity contribution in [3.8, 4) is 0 Å². The van der Waals surface area contributed by atoms with Crippen LogP contribution in [0.4, 0.5) is 0 Å². The minimum absolute atomic E-state index is 0.00255. The molecule has 0 atom stereocenters. The number of nitrogens with one attached hydrogen (secondary N) is 1. The zero-order chi connectivity index (χ0) is 22.6. The van der Waals surface area contributed by atoms with E-state index in [9.17, 15) is 13.2 Å². The molecule has 1 amide bonds. The average Bonchev–Trinajstić information content (AvgIpc) is 3.35. The number of rotatable bonds is 7. The Morgan fingerprint density at radius 1 is 0.906 bits per heavy atom. The molecule has 172 valence electrons. The van der Waals surface area contributed by atoms with E-state index in [1.807, 2.05) is 12.1 Å². The highest BCUT2D eigenvalue weighted by Gasteiger charge is 2.29. The summed E-state index contributed by atoms with van der Waals surface area (Å²) in [6.07, 6.45) is 5.51.